The third-order valence-electron chi connectivity index (χ3n) is 3.95. The lowest BCUT2D eigenvalue weighted by molar-refractivity contribution is -0.137. The summed E-state index contributed by atoms with van der Waals surface area (Å²) in [5.41, 5.74) is 8.21. The highest BCUT2D eigenvalue weighted by Gasteiger charge is 2.30. The molecule has 28 heavy (non-hydrogen) atoms. The third-order valence-corrected chi connectivity index (χ3v) is 4.04. The molecule has 8 heteroatoms. The van der Waals surface area contributed by atoms with Crippen molar-refractivity contribution in [3.05, 3.63) is 77.4 Å². The van der Waals surface area contributed by atoms with Gasteiger partial charge in [0.2, 0.25) is 0 Å². The number of nitrogens with one attached hydrogen (secondary N) is 1. The molecule has 0 saturated carbocycles. The summed E-state index contributed by atoms with van der Waals surface area (Å²) in [6, 6.07) is 16.3. The fraction of sp³-hybridized carbons (Fsp3) is 0.100. The fourth-order valence-corrected chi connectivity index (χ4v) is 2.75. The summed E-state index contributed by atoms with van der Waals surface area (Å²) >= 11 is 4.73. The van der Waals surface area contributed by atoms with Crippen LogP contribution in [0.15, 0.2) is 65.8 Å². The molecule has 0 radical (unpaired) electrons. The number of hydrogen-bond donors (Lipinski definition) is 2. The van der Waals surface area contributed by atoms with Gasteiger partial charge in [-0.1, -0.05) is 42.5 Å². The molecule has 3 aromatic carbocycles. The van der Waals surface area contributed by atoms with E-state index in [0.29, 0.717) is 16.9 Å². The predicted octanol–water partition coefficient (Wildman–Crippen LogP) is 4.60. The molecule has 4 nitrogen and oxygen atoms in total. The fourth-order valence-electron chi connectivity index (χ4n) is 2.69. The standard InChI is InChI=1S/C20H16F3N3OS/c21-20(22,23)15-6-3-4-13(10-15)12-27-18-9-8-14-5-1-2-7-16(14)17(18)11-25-26-19(24)28/h1-11H,12H2,(H3,24,26,28). The molecule has 0 fully saturated rings. The van der Waals surface area contributed by atoms with Crippen LogP contribution < -0.4 is 15.9 Å². The normalized spacial score (nSPS) is 11.7. The number of nitrogens with zero attached hydrogens (tertiary/aromatic N) is 1. The van der Waals surface area contributed by atoms with Crippen molar-refractivity contribution < 1.29 is 17.9 Å². The van der Waals surface area contributed by atoms with Gasteiger partial charge in [0.25, 0.3) is 0 Å². The van der Waals surface area contributed by atoms with E-state index < -0.39 is 11.7 Å². The van der Waals surface area contributed by atoms with Gasteiger partial charge in [0.1, 0.15) is 12.4 Å². The van der Waals surface area contributed by atoms with Crippen molar-refractivity contribution in [3.63, 3.8) is 0 Å². The predicted molar refractivity (Wildman–Crippen MR) is 107 cm³/mol. The molecular weight excluding hydrogens is 387 g/mol. The molecule has 0 heterocycles. The Bertz CT molecular complexity index is 1030. The topological polar surface area (TPSA) is 59.6 Å². The van der Waals surface area contributed by atoms with Gasteiger partial charge < -0.3 is 10.5 Å². The average molecular weight is 403 g/mol. The average Bonchev–Trinajstić information content (AvgIpc) is 2.66. The molecule has 144 valence electrons. The van der Waals surface area contributed by atoms with E-state index >= 15 is 0 Å². The largest absolute Gasteiger partial charge is 0.488 e. The molecule has 0 saturated heterocycles. The first kappa shape index (κ1) is 19.6. The minimum absolute atomic E-state index is 0.0166. The van der Waals surface area contributed by atoms with E-state index in [4.69, 9.17) is 22.7 Å². The van der Waals surface area contributed by atoms with E-state index in [1.807, 2.05) is 30.3 Å². The van der Waals surface area contributed by atoms with E-state index in [0.717, 1.165) is 22.9 Å². The van der Waals surface area contributed by atoms with E-state index in [2.05, 4.69) is 10.5 Å². The highest BCUT2D eigenvalue weighted by atomic mass is 32.1. The summed E-state index contributed by atoms with van der Waals surface area (Å²) in [7, 11) is 0. The minimum Gasteiger partial charge on any atom is -0.488 e. The van der Waals surface area contributed by atoms with Gasteiger partial charge in [-0.05, 0) is 46.8 Å². The van der Waals surface area contributed by atoms with Crippen molar-refractivity contribution in [2.75, 3.05) is 0 Å². The molecule has 0 unspecified atom stereocenters. The van der Waals surface area contributed by atoms with Crippen LogP contribution in [0.4, 0.5) is 13.2 Å². The van der Waals surface area contributed by atoms with Gasteiger partial charge in [-0.25, -0.2) is 0 Å². The quantitative estimate of drug-likeness (QED) is 0.371. The van der Waals surface area contributed by atoms with Crippen LogP contribution in [0.2, 0.25) is 0 Å². The Balaban J connectivity index is 1.90. The maximum Gasteiger partial charge on any atom is 0.416 e. The first-order chi connectivity index (χ1) is 13.3. The number of benzene rings is 3. The van der Waals surface area contributed by atoms with Crippen LogP contribution in [0.1, 0.15) is 16.7 Å². The molecule has 0 amide bonds. The van der Waals surface area contributed by atoms with Crippen molar-refractivity contribution >= 4 is 34.3 Å². The number of alkyl halides is 3. The number of hydrogen-bond acceptors (Lipinski definition) is 3. The maximum atomic E-state index is 12.9. The lowest BCUT2D eigenvalue weighted by Crippen LogP contribution is -2.24. The summed E-state index contributed by atoms with van der Waals surface area (Å²) in [5, 5.41) is 5.84. The molecule has 0 bridgehead atoms. The number of ether oxygens (including phenoxy) is 1. The van der Waals surface area contributed by atoms with E-state index in [-0.39, 0.29) is 11.7 Å². The highest BCUT2D eigenvalue weighted by molar-refractivity contribution is 7.80. The van der Waals surface area contributed by atoms with Crippen molar-refractivity contribution in [3.8, 4) is 5.75 Å². The van der Waals surface area contributed by atoms with Gasteiger partial charge in [-0.15, -0.1) is 0 Å². The zero-order valence-electron chi connectivity index (χ0n) is 14.5. The Kier molecular flexibility index (Phi) is 5.79. The molecule has 0 atom stereocenters. The third kappa shape index (κ3) is 4.77. The Morgan fingerprint density at radius 3 is 2.64 bits per heavy atom. The first-order valence-corrected chi connectivity index (χ1v) is 8.64. The van der Waals surface area contributed by atoms with Crippen LogP contribution in [0.3, 0.4) is 0 Å². The van der Waals surface area contributed by atoms with Gasteiger partial charge in [0, 0.05) is 5.56 Å². The molecule has 0 aliphatic carbocycles. The lowest BCUT2D eigenvalue weighted by atomic mass is 10.0. The second-order valence-electron chi connectivity index (χ2n) is 5.92. The van der Waals surface area contributed by atoms with Crippen LogP contribution >= 0.6 is 12.2 Å². The number of rotatable bonds is 5. The zero-order chi connectivity index (χ0) is 20.1. The summed E-state index contributed by atoms with van der Waals surface area (Å²) in [5.74, 6) is 0.476. The van der Waals surface area contributed by atoms with Crippen molar-refractivity contribution in [1.82, 2.24) is 5.43 Å². The summed E-state index contributed by atoms with van der Waals surface area (Å²) in [6.45, 7) is -0.0220. The lowest BCUT2D eigenvalue weighted by Gasteiger charge is -2.13. The molecule has 0 aromatic heterocycles. The molecule has 3 aromatic rings. The molecule has 3 N–H and O–H groups in total. The van der Waals surface area contributed by atoms with Crippen LogP contribution in [0.5, 0.6) is 5.75 Å². The summed E-state index contributed by atoms with van der Waals surface area (Å²) in [4.78, 5) is 0. The molecule has 3 rings (SSSR count). The van der Waals surface area contributed by atoms with Crippen LogP contribution in [-0.2, 0) is 12.8 Å². The molecule has 0 aliphatic rings. The molecule has 0 aliphatic heterocycles. The van der Waals surface area contributed by atoms with Crippen LogP contribution in [0.25, 0.3) is 10.8 Å². The van der Waals surface area contributed by atoms with E-state index in [1.165, 1.54) is 12.3 Å². The summed E-state index contributed by atoms with van der Waals surface area (Å²) in [6.07, 6.45) is -2.88. The zero-order valence-corrected chi connectivity index (χ0v) is 15.3. The van der Waals surface area contributed by atoms with Crippen molar-refractivity contribution in [1.29, 1.82) is 0 Å². The Morgan fingerprint density at radius 1 is 1.11 bits per heavy atom. The second-order valence-corrected chi connectivity index (χ2v) is 6.36. The van der Waals surface area contributed by atoms with Crippen molar-refractivity contribution in [2.45, 2.75) is 12.8 Å². The van der Waals surface area contributed by atoms with Crippen molar-refractivity contribution in [2.24, 2.45) is 10.8 Å². The smallest absolute Gasteiger partial charge is 0.416 e. The van der Waals surface area contributed by atoms with E-state index in [9.17, 15) is 13.2 Å². The second kappa shape index (κ2) is 8.26. The highest BCUT2D eigenvalue weighted by Crippen LogP contribution is 2.31. The number of fused-ring (bicyclic) bond motifs is 1. The van der Waals surface area contributed by atoms with E-state index in [1.54, 1.807) is 12.1 Å². The number of halogens is 3. The van der Waals surface area contributed by atoms with Gasteiger partial charge in [-0.3, -0.25) is 5.43 Å². The SMILES string of the molecule is NC(=S)NN=Cc1c(OCc2cccc(C(F)(F)F)c2)ccc2ccccc12. The van der Waals surface area contributed by atoms with Gasteiger partial charge in [0.05, 0.1) is 11.8 Å². The monoisotopic (exact) mass is 403 g/mol. The van der Waals surface area contributed by atoms with Gasteiger partial charge in [0.15, 0.2) is 5.11 Å². The first-order valence-electron chi connectivity index (χ1n) is 8.24. The summed E-state index contributed by atoms with van der Waals surface area (Å²) < 4.78 is 44.5. The van der Waals surface area contributed by atoms with Crippen LogP contribution in [0, 0.1) is 0 Å². The number of nitrogens with two attached hydrogens (primary N) is 1. The molecule has 0 spiro atoms. The maximum absolute atomic E-state index is 12.9. The Morgan fingerprint density at radius 2 is 1.89 bits per heavy atom. The Labute approximate surface area is 164 Å². The van der Waals surface area contributed by atoms with Crippen LogP contribution in [-0.4, -0.2) is 11.3 Å². The molecular formula is C20H16F3N3OS. The van der Waals surface area contributed by atoms with Gasteiger partial charge in [-0.2, -0.15) is 18.3 Å². The minimum atomic E-state index is -4.40. The number of hydrazone groups is 1. The number of thiocarbonyl (C=S) groups is 1. The van der Waals surface area contributed by atoms with Gasteiger partial charge >= 0.3 is 6.18 Å². The Hall–Kier alpha value is -3.13.